The normalized spacial score (nSPS) is 12.1. The fraction of sp³-hybridized carbons (Fsp3) is 0.174. The van der Waals surface area contributed by atoms with Gasteiger partial charge in [-0.3, -0.25) is 13.9 Å². The van der Waals surface area contributed by atoms with Crippen molar-refractivity contribution < 1.29 is 35.5 Å². The van der Waals surface area contributed by atoms with Gasteiger partial charge in [0.15, 0.2) is 0 Å². The van der Waals surface area contributed by atoms with Crippen LogP contribution in [-0.2, 0) is 25.0 Å². The monoisotopic (exact) mass is 533 g/mol. The van der Waals surface area contributed by atoms with Gasteiger partial charge in [-0.2, -0.15) is 21.9 Å². The maximum absolute atomic E-state index is 11.5. The number of nitrogens with zero attached hydrogens (tertiary/aromatic N) is 2. The van der Waals surface area contributed by atoms with E-state index < -0.39 is 20.2 Å². The Hall–Kier alpha value is -3.65. The Morgan fingerprint density at radius 1 is 0.917 bits per heavy atom. The van der Waals surface area contributed by atoms with Crippen LogP contribution in [0.15, 0.2) is 87.3 Å². The summed E-state index contributed by atoms with van der Waals surface area (Å²) in [5, 5.41) is 12.0. The minimum Gasteiger partial charge on any atom is -0.491 e. The molecule has 3 aromatic rings. The van der Waals surface area contributed by atoms with Crippen molar-refractivity contribution in [3.05, 3.63) is 67.3 Å². The number of nitrogens with one attached hydrogen (secondary N) is 1. The molecule has 0 spiro atoms. The number of unbranched alkanes of at least 4 members (excludes halogenated alkanes) is 1. The van der Waals surface area contributed by atoms with Gasteiger partial charge >= 0.3 is 0 Å². The number of carbonyl (C=O) groups is 1. The van der Waals surface area contributed by atoms with Crippen LogP contribution >= 0.6 is 0 Å². The van der Waals surface area contributed by atoms with Gasteiger partial charge in [-0.25, -0.2) is 0 Å². The summed E-state index contributed by atoms with van der Waals surface area (Å²) in [4.78, 5) is 10.6. The highest BCUT2D eigenvalue weighted by Gasteiger charge is 2.14. The van der Waals surface area contributed by atoms with Gasteiger partial charge in [0, 0.05) is 11.9 Å². The van der Waals surface area contributed by atoms with E-state index >= 15 is 0 Å². The predicted molar refractivity (Wildman–Crippen MR) is 132 cm³/mol. The van der Waals surface area contributed by atoms with Crippen molar-refractivity contribution in [2.75, 3.05) is 13.2 Å². The number of fused-ring (bicyclic) bond motifs is 1. The van der Waals surface area contributed by atoms with E-state index in [4.69, 9.17) is 9.29 Å². The van der Waals surface area contributed by atoms with Gasteiger partial charge in [0.05, 0.1) is 22.1 Å². The van der Waals surface area contributed by atoms with Crippen LogP contribution in [0.25, 0.3) is 10.8 Å². The molecule has 36 heavy (non-hydrogen) atoms. The van der Waals surface area contributed by atoms with E-state index in [1.54, 1.807) is 12.1 Å². The van der Waals surface area contributed by atoms with Crippen molar-refractivity contribution in [2.24, 2.45) is 10.2 Å². The van der Waals surface area contributed by atoms with Crippen LogP contribution < -0.4 is 10.1 Å². The van der Waals surface area contributed by atoms with Crippen LogP contribution in [0.4, 0.5) is 11.4 Å². The molecule has 3 aromatic carbocycles. The SMILES string of the molecule is C=CC(=O)NCCCCOc1ccc2cc(S(=O)(=O)O)ccc2c1N=Nc1ccc(S(=O)(=O)O)cc1. The lowest BCUT2D eigenvalue weighted by Crippen LogP contribution is -2.22. The van der Waals surface area contributed by atoms with E-state index in [0.29, 0.717) is 42.5 Å². The summed E-state index contributed by atoms with van der Waals surface area (Å²) in [6.45, 7) is 4.13. The average molecular weight is 534 g/mol. The topological polar surface area (TPSA) is 172 Å². The first-order chi connectivity index (χ1) is 17.0. The van der Waals surface area contributed by atoms with Crippen molar-refractivity contribution >= 4 is 48.3 Å². The second-order valence-corrected chi connectivity index (χ2v) is 10.3. The van der Waals surface area contributed by atoms with E-state index in [1.807, 2.05) is 0 Å². The Balaban J connectivity index is 1.89. The third kappa shape index (κ3) is 7.18. The summed E-state index contributed by atoms with van der Waals surface area (Å²) in [5.41, 5.74) is 0.575. The Bertz CT molecular complexity index is 1520. The molecule has 13 heteroatoms. The Morgan fingerprint density at radius 3 is 2.22 bits per heavy atom. The molecule has 0 atom stereocenters. The zero-order chi connectivity index (χ0) is 26.3. The summed E-state index contributed by atoms with van der Waals surface area (Å²) < 4.78 is 69.8. The molecular weight excluding hydrogens is 510 g/mol. The van der Waals surface area contributed by atoms with E-state index in [2.05, 4.69) is 22.1 Å². The maximum Gasteiger partial charge on any atom is 0.294 e. The first-order valence-electron chi connectivity index (χ1n) is 10.6. The lowest BCUT2D eigenvalue weighted by Gasteiger charge is -2.12. The highest BCUT2D eigenvalue weighted by molar-refractivity contribution is 7.86. The van der Waals surface area contributed by atoms with Crippen molar-refractivity contribution in [3.63, 3.8) is 0 Å². The summed E-state index contributed by atoms with van der Waals surface area (Å²) in [6.07, 6.45) is 2.46. The zero-order valence-corrected chi connectivity index (χ0v) is 20.5. The lowest BCUT2D eigenvalue weighted by molar-refractivity contribution is -0.116. The van der Waals surface area contributed by atoms with Crippen LogP contribution in [0, 0.1) is 0 Å². The Labute approximate surface area is 208 Å². The van der Waals surface area contributed by atoms with Crippen LogP contribution in [-0.4, -0.2) is 45.0 Å². The molecule has 0 aliphatic carbocycles. The van der Waals surface area contributed by atoms with E-state index in [9.17, 15) is 26.2 Å². The third-order valence-electron chi connectivity index (χ3n) is 4.94. The molecule has 0 unspecified atom stereocenters. The zero-order valence-electron chi connectivity index (χ0n) is 18.9. The number of amides is 1. The molecule has 0 aromatic heterocycles. The van der Waals surface area contributed by atoms with Crippen molar-refractivity contribution in [3.8, 4) is 5.75 Å². The number of hydrogen-bond acceptors (Lipinski definition) is 8. The summed E-state index contributed by atoms with van der Waals surface area (Å²) >= 11 is 0. The van der Waals surface area contributed by atoms with Crippen molar-refractivity contribution in [2.45, 2.75) is 22.6 Å². The fourth-order valence-electron chi connectivity index (χ4n) is 3.14. The second-order valence-electron chi connectivity index (χ2n) is 7.49. The first kappa shape index (κ1) is 26.9. The fourth-order valence-corrected chi connectivity index (χ4v) is 4.13. The van der Waals surface area contributed by atoms with Crippen molar-refractivity contribution in [1.82, 2.24) is 5.32 Å². The van der Waals surface area contributed by atoms with E-state index in [0.717, 1.165) is 0 Å². The van der Waals surface area contributed by atoms with Crippen LogP contribution in [0.1, 0.15) is 12.8 Å². The second kappa shape index (κ2) is 11.4. The van der Waals surface area contributed by atoms with Crippen LogP contribution in [0.2, 0.25) is 0 Å². The summed E-state index contributed by atoms with van der Waals surface area (Å²) in [6, 6.07) is 12.2. The van der Waals surface area contributed by atoms with Crippen LogP contribution in [0.3, 0.4) is 0 Å². The quantitative estimate of drug-likeness (QED) is 0.142. The molecule has 0 radical (unpaired) electrons. The maximum atomic E-state index is 11.5. The van der Waals surface area contributed by atoms with E-state index in [1.165, 1.54) is 48.5 Å². The first-order valence-corrected chi connectivity index (χ1v) is 13.4. The standard InChI is InChI=1S/C23H23N3O8S2/c1-2-22(27)24-13-3-4-14-34-21-12-5-16-15-19(36(31,32)33)10-11-20(16)23(21)26-25-17-6-8-18(9-7-17)35(28,29)30/h2,5-12,15H,1,3-4,13-14H2,(H,24,27)(H,28,29,30)(H,31,32,33). The van der Waals surface area contributed by atoms with Crippen LogP contribution in [0.5, 0.6) is 5.75 Å². The highest BCUT2D eigenvalue weighted by Crippen LogP contribution is 2.38. The van der Waals surface area contributed by atoms with E-state index in [-0.39, 0.29) is 27.1 Å². The number of rotatable bonds is 11. The molecule has 190 valence electrons. The Kier molecular flexibility index (Phi) is 8.53. The molecule has 0 saturated heterocycles. The molecule has 0 saturated carbocycles. The molecule has 11 nitrogen and oxygen atoms in total. The molecule has 0 heterocycles. The number of benzene rings is 3. The molecule has 0 fully saturated rings. The molecule has 0 aliphatic rings. The summed E-state index contributed by atoms with van der Waals surface area (Å²) in [5.74, 6) is 0.0950. The van der Waals surface area contributed by atoms with Gasteiger partial charge in [-0.15, -0.1) is 5.11 Å². The summed E-state index contributed by atoms with van der Waals surface area (Å²) in [7, 11) is -8.76. The molecular formula is C23H23N3O8S2. The van der Waals surface area contributed by atoms with Gasteiger partial charge in [0.1, 0.15) is 11.4 Å². The number of carbonyl (C=O) groups excluding carboxylic acids is 1. The largest absolute Gasteiger partial charge is 0.491 e. The van der Waals surface area contributed by atoms with Gasteiger partial charge in [-0.1, -0.05) is 18.7 Å². The molecule has 3 N–H and O–H groups in total. The minimum absolute atomic E-state index is 0.262. The van der Waals surface area contributed by atoms with Gasteiger partial charge in [0.2, 0.25) is 5.91 Å². The number of hydrogen-bond donors (Lipinski definition) is 3. The van der Waals surface area contributed by atoms with Gasteiger partial charge in [-0.05, 0) is 66.8 Å². The smallest absolute Gasteiger partial charge is 0.294 e. The average Bonchev–Trinajstić information content (AvgIpc) is 2.83. The predicted octanol–water partition coefficient (Wildman–Crippen LogP) is 4.21. The molecule has 1 amide bonds. The molecule has 0 aliphatic heterocycles. The highest BCUT2D eigenvalue weighted by atomic mass is 32.2. The molecule has 3 rings (SSSR count). The minimum atomic E-state index is -4.41. The number of azo groups is 1. The number of ether oxygens (including phenoxy) is 1. The lowest BCUT2D eigenvalue weighted by atomic mass is 10.1. The third-order valence-corrected chi connectivity index (χ3v) is 6.65. The van der Waals surface area contributed by atoms with Crippen molar-refractivity contribution in [1.29, 1.82) is 0 Å². The van der Waals surface area contributed by atoms with Gasteiger partial charge < -0.3 is 10.1 Å². The molecule has 0 bridgehead atoms. The van der Waals surface area contributed by atoms with Gasteiger partial charge in [0.25, 0.3) is 20.2 Å². The Morgan fingerprint density at radius 2 is 1.58 bits per heavy atom.